The van der Waals surface area contributed by atoms with Gasteiger partial charge in [0.1, 0.15) is 0 Å². The van der Waals surface area contributed by atoms with Gasteiger partial charge in [-0.15, -0.1) is 0 Å². The third kappa shape index (κ3) is 4.94. The number of carbonyl (C=O) groups is 1. The predicted molar refractivity (Wildman–Crippen MR) is 64.4 cm³/mol. The highest BCUT2D eigenvalue weighted by Crippen LogP contribution is 2.05. The van der Waals surface area contributed by atoms with E-state index in [0.29, 0.717) is 0 Å². The Morgan fingerprint density at radius 1 is 1.25 bits per heavy atom. The minimum absolute atomic E-state index is 0.101. The minimum Gasteiger partial charge on any atom is -0.481 e. The zero-order valence-corrected chi connectivity index (χ0v) is 9.70. The van der Waals surface area contributed by atoms with Gasteiger partial charge < -0.3 is 10.4 Å². The van der Waals surface area contributed by atoms with E-state index in [-0.39, 0.29) is 6.42 Å². The van der Waals surface area contributed by atoms with Gasteiger partial charge in [-0.25, -0.2) is 0 Å². The minimum atomic E-state index is -0.783. The van der Waals surface area contributed by atoms with Crippen molar-refractivity contribution >= 4 is 5.97 Å². The number of carboxylic acids is 1. The molecule has 88 valence electrons. The van der Waals surface area contributed by atoms with Crippen molar-refractivity contribution in [3.05, 3.63) is 35.4 Å². The molecular weight excluding hydrogens is 202 g/mol. The normalized spacial score (nSPS) is 10.3. The Labute approximate surface area is 96.5 Å². The van der Waals surface area contributed by atoms with E-state index in [1.807, 2.05) is 24.3 Å². The Balaban J connectivity index is 2.36. The van der Waals surface area contributed by atoms with Crippen molar-refractivity contribution in [3.63, 3.8) is 0 Å². The summed E-state index contributed by atoms with van der Waals surface area (Å²) in [6, 6.07) is 7.73. The lowest BCUT2D eigenvalue weighted by Gasteiger charge is -2.04. The van der Waals surface area contributed by atoms with Gasteiger partial charge >= 0.3 is 5.97 Å². The van der Waals surface area contributed by atoms with E-state index < -0.39 is 5.97 Å². The molecule has 1 rings (SSSR count). The highest BCUT2D eigenvalue weighted by molar-refractivity contribution is 5.70. The van der Waals surface area contributed by atoms with Crippen LogP contribution >= 0.6 is 0 Å². The molecule has 1 aromatic rings. The van der Waals surface area contributed by atoms with Crippen LogP contribution in [0.25, 0.3) is 0 Å². The molecule has 3 heteroatoms. The molecule has 0 unspecified atom stereocenters. The van der Waals surface area contributed by atoms with Gasteiger partial charge in [-0.05, 0) is 24.1 Å². The third-order valence-electron chi connectivity index (χ3n) is 2.41. The second-order valence-electron chi connectivity index (χ2n) is 3.92. The highest BCUT2D eigenvalue weighted by atomic mass is 16.4. The maximum absolute atomic E-state index is 10.5. The molecule has 1 aromatic carbocycles. The van der Waals surface area contributed by atoms with Crippen molar-refractivity contribution in [2.24, 2.45) is 0 Å². The summed E-state index contributed by atoms with van der Waals surface area (Å²) in [5, 5.41) is 12.0. The number of carboxylic acid groups (broad SMARTS) is 1. The number of unbranched alkanes of at least 4 members (excludes halogenated alkanes) is 1. The summed E-state index contributed by atoms with van der Waals surface area (Å²) in [6.07, 6.45) is 2.49. The predicted octanol–water partition coefficient (Wildman–Crippen LogP) is 2.20. The molecule has 0 bridgehead atoms. The molecule has 3 nitrogen and oxygen atoms in total. The third-order valence-corrected chi connectivity index (χ3v) is 2.41. The Bertz CT molecular complexity index is 319. The fourth-order valence-electron chi connectivity index (χ4n) is 1.48. The summed E-state index contributed by atoms with van der Waals surface area (Å²) in [6.45, 7) is 4.06. The van der Waals surface area contributed by atoms with E-state index in [1.54, 1.807) is 0 Å². The van der Waals surface area contributed by atoms with E-state index in [2.05, 4.69) is 12.2 Å². The monoisotopic (exact) mass is 221 g/mol. The first-order chi connectivity index (χ1) is 7.72. The van der Waals surface area contributed by atoms with Gasteiger partial charge in [0.25, 0.3) is 0 Å². The summed E-state index contributed by atoms with van der Waals surface area (Å²) in [5.41, 5.74) is 2.05. The van der Waals surface area contributed by atoms with Gasteiger partial charge in [0.15, 0.2) is 0 Å². The van der Waals surface area contributed by atoms with Crippen LogP contribution in [0.5, 0.6) is 0 Å². The van der Waals surface area contributed by atoms with Gasteiger partial charge in [0.05, 0.1) is 6.42 Å². The van der Waals surface area contributed by atoms with Crippen LogP contribution in [0.1, 0.15) is 30.9 Å². The number of aliphatic carboxylic acids is 1. The van der Waals surface area contributed by atoms with Crippen molar-refractivity contribution in [3.8, 4) is 0 Å². The van der Waals surface area contributed by atoms with Crippen LogP contribution in [0, 0.1) is 0 Å². The Hall–Kier alpha value is -1.35. The number of rotatable bonds is 7. The van der Waals surface area contributed by atoms with Crippen molar-refractivity contribution < 1.29 is 9.90 Å². The lowest BCUT2D eigenvalue weighted by atomic mass is 10.1. The molecule has 0 heterocycles. The van der Waals surface area contributed by atoms with Gasteiger partial charge in [-0.2, -0.15) is 0 Å². The first-order valence-electron chi connectivity index (χ1n) is 5.72. The van der Waals surface area contributed by atoms with E-state index in [4.69, 9.17) is 5.11 Å². The lowest BCUT2D eigenvalue weighted by Crippen LogP contribution is -2.14. The number of benzene rings is 1. The van der Waals surface area contributed by atoms with Gasteiger partial charge in [0, 0.05) is 6.54 Å². The maximum atomic E-state index is 10.5. The molecule has 2 N–H and O–H groups in total. The van der Waals surface area contributed by atoms with E-state index in [1.165, 1.54) is 18.4 Å². The first-order valence-corrected chi connectivity index (χ1v) is 5.72. The van der Waals surface area contributed by atoms with Crippen LogP contribution in [0.4, 0.5) is 0 Å². The van der Waals surface area contributed by atoms with Gasteiger partial charge in [0.2, 0.25) is 0 Å². The fourth-order valence-corrected chi connectivity index (χ4v) is 1.48. The lowest BCUT2D eigenvalue weighted by molar-refractivity contribution is -0.136. The highest BCUT2D eigenvalue weighted by Gasteiger charge is 1.99. The largest absolute Gasteiger partial charge is 0.481 e. The van der Waals surface area contributed by atoms with Crippen LogP contribution < -0.4 is 5.32 Å². The summed E-state index contributed by atoms with van der Waals surface area (Å²) >= 11 is 0. The molecule has 0 spiro atoms. The van der Waals surface area contributed by atoms with Crippen LogP contribution in [0.15, 0.2) is 24.3 Å². The zero-order chi connectivity index (χ0) is 11.8. The molecular formula is C13H19NO2. The molecule has 0 aliphatic carbocycles. The van der Waals surface area contributed by atoms with E-state index in [9.17, 15) is 4.79 Å². The summed E-state index contributed by atoms with van der Waals surface area (Å²) < 4.78 is 0. The molecule has 0 aliphatic rings. The summed E-state index contributed by atoms with van der Waals surface area (Å²) in [4.78, 5) is 10.5. The topological polar surface area (TPSA) is 49.3 Å². The van der Waals surface area contributed by atoms with E-state index in [0.717, 1.165) is 18.7 Å². The standard InChI is InChI=1S/C13H19NO2/c1-2-3-8-14-10-12-6-4-11(5-7-12)9-13(15)16/h4-7,14H,2-3,8-10H2,1H3,(H,15,16). The number of hydrogen-bond donors (Lipinski definition) is 2. The molecule has 0 saturated heterocycles. The second-order valence-corrected chi connectivity index (χ2v) is 3.92. The van der Waals surface area contributed by atoms with Crippen LogP contribution in [-0.4, -0.2) is 17.6 Å². The van der Waals surface area contributed by atoms with Crippen LogP contribution in [0.3, 0.4) is 0 Å². The van der Waals surface area contributed by atoms with Gasteiger partial charge in [-0.1, -0.05) is 37.6 Å². The van der Waals surface area contributed by atoms with Crippen molar-refractivity contribution in [1.82, 2.24) is 5.32 Å². The molecule has 16 heavy (non-hydrogen) atoms. The van der Waals surface area contributed by atoms with Gasteiger partial charge in [-0.3, -0.25) is 4.79 Å². The molecule has 0 radical (unpaired) electrons. The summed E-state index contributed by atoms with van der Waals surface area (Å²) in [7, 11) is 0. The molecule has 0 aromatic heterocycles. The molecule has 0 fully saturated rings. The van der Waals surface area contributed by atoms with E-state index >= 15 is 0 Å². The van der Waals surface area contributed by atoms with Crippen molar-refractivity contribution in [2.75, 3.05) is 6.54 Å². The zero-order valence-electron chi connectivity index (χ0n) is 9.70. The quantitative estimate of drug-likeness (QED) is 0.694. The Morgan fingerprint density at radius 3 is 2.44 bits per heavy atom. The number of hydrogen-bond acceptors (Lipinski definition) is 2. The summed E-state index contributed by atoms with van der Waals surface area (Å²) in [5.74, 6) is -0.783. The Kier molecular flexibility index (Phi) is 5.57. The van der Waals surface area contributed by atoms with Crippen molar-refractivity contribution in [1.29, 1.82) is 0 Å². The SMILES string of the molecule is CCCCNCc1ccc(CC(=O)O)cc1. The number of nitrogens with one attached hydrogen (secondary N) is 1. The average Bonchev–Trinajstić information content (AvgIpc) is 2.26. The fraction of sp³-hybridized carbons (Fsp3) is 0.462. The van der Waals surface area contributed by atoms with Crippen LogP contribution in [0.2, 0.25) is 0 Å². The van der Waals surface area contributed by atoms with Crippen LogP contribution in [-0.2, 0) is 17.8 Å². The molecule has 0 amide bonds. The molecule has 0 atom stereocenters. The average molecular weight is 221 g/mol. The molecule has 0 aliphatic heterocycles. The Morgan fingerprint density at radius 2 is 1.88 bits per heavy atom. The van der Waals surface area contributed by atoms with Crippen molar-refractivity contribution in [2.45, 2.75) is 32.7 Å². The second kappa shape index (κ2) is 7.01. The maximum Gasteiger partial charge on any atom is 0.307 e. The molecule has 0 saturated carbocycles. The smallest absolute Gasteiger partial charge is 0.307 e. The first kappa shape index (κ1) is 12.7.